The molecule has 4 rings (SSSR count). The fourth-order valence-corrected chi connectivity index (χ4v) is 4.95. The van der Waals surface area contributed by atoms with Crippen molar-refractivity contribution in [1.29, 1.82) is 0 Å². The molecule has 26 heavy (non-hydrogen) atoms. The molecule has 0 spiro atoms. The van der Waals surface area contributed by atoms with Crippen LogP contribution in [0.15, 0.2) is 29.1 Å². The van der Waals surface area contributed by atoms with Crippen LogP contribution in [0, 0.1) is 12.3 Å². The van der Waals surface area contributed by atoms with Crippen molar-refractivity contribution in [2.75, 3.05) is 33.3 Å². The third-order valence-electron chi connectivity index (χ3n) is 6.57. The largest absolute Gasteiger partial charge is 0.396 e. The quantitative estimate of drug-likeness (QED) is 0.885. The SMILES string of the molecule is Cc1ccc2[nH]c(=O)c(CN3CC[C@@]4(CO)CCCN(C)[C@@H]4C3)cc2c1. The molecule has 2 aliphatic heterocycles. The van der Waals surface area contributed by atoms with E-state index < -0.39 is 0 Å². The first kappa shape index (κ1) is 17.7. The van der Waals surface area contributed by atoms with E-state index in [1.54, 1.807) is 0 Å². The Bertz CT molecular complexity index is 862. The van der Waals surface area contributed by atoms with Crippen LogP contribution in [-0.4, -0.2) is 59.2 Å². The van der Waals surface area contributed by atoms with Gasteiger partial charge < -0.3 is 15.0 Å². The van der Waals surface area contributed by atoms with Gasteiger partial charge in [-0.2, -0.15) is 0 Å². The second-order valence-electron chi connectivity index (χ2n) is 8.32. The third-order valence-corrected chi connectivity index (χ3v) is 6.57. The van der Waals surface area contributed by atoms with Gasteiger partial charge in [-0.25, -0.2) is 0 Å². The molecule has 3 heterocycles. The van der Waals surface area contributed by atoms with Crippen molar-refractivity contribution in [3.8, 4) is 0 Å². The third kappa shape index (κ3) is 3.08. The zero-order valence-electron chi connectivity index (χ0n) is 15.8. The van der Waals surface area contributed by atoms with Gasteiger partial charge in [0.15, 0.2) is 0 Å². The summed E-state index contributed by atoms with van der Waals surface area (Å²) in [6.07, 6.45) is 3.28. The normalized spacial score (nSPS) is 27.6. The van der Waals surface area contributed by atoms with E-state index in [-0.39, 0.29) is 17.6 Å². The number of nitrogens with zero attached hydrogens (tertiary/aromatic N) is 2. The number of likely N-dealkylation sites (tertiary alicyclic amines) is 2. The summed E-state index contributed by atoms with van der Waals surface area (Å²) in [4.78, 5) is 20.3. The van der Waals surface area contributed by atoms with Crippen LogP contribution in [0.5, 0.6) is 0 Å². The second-order valence-corrected chi connectivity index (χ2v) is 8.32. The molecule has 2 N–H and O–H groups in total. The Hall–Kier alpha value is -1.69. The second kappa shape index (κ2) is 6.80. The number of aromatic nitrogens is 1. The molecular formula is C21H29N3O2. The molecule has 2 fully saturated rings. The lowest BCUT2D eigenvalue weighted by Gasteiger charge is -2.53. The molecule has 0 bridgehead atoms. The highest BCUT2D eigenvalue weighted by Crippen LogP contribution is 2.41. The average molecular weight is 355 g/mol. The number of H-pyrrole nitrogens is 1. The Morgan fingerprint density at radius 1 is 1.27 bits per heavy atom. The van der Waals surface area contributed by atoms with Gasteiger partial charge in [-0.3, -0.25) is 9.69 Å². The van der Waals surface area contributed by atoms with Crippen molar-refractivity contribution in [2.45, 2.75) is 38.8 Å². The van der Waals surface area contributed by atoms with Crippen LogP contribution in [0.25, 0.3) is 10.9 Å². The summed E-state index contributed by atoms with van der Waals surface area (Å²) in [6, 6.07) is 8.53. The Balaban J connectivity index is 1.57. The average Bonchev–Trinajstić information content (AvgIpc) is 2.63. The van der Waals surface area contributed by atoms with Crippen LogP contribution in [0.2, 0.25) is 0 Å². The minimum atomic E-state index is 0.0114. The molecule has 1 aromatic heterocycles. The van der Waals surface area contributed by atoms with Gasteiger partial charge in [0.25, 0.3) is 5.56 Å². The maximum atomic E-state index is 12.5. The van der Waals surface area contributed by atoms with Crippen molar-refractivity contribution in [3.63, 3.8) is 0 Å². The van der Waals surface area contributed by atoms with Crippen LogP contribution >= 0.6 is 0 Å². The number of aryl methyl sites for hydroxylation is 1. The molecule has 0 amide bonds. The van der Waals surface area contributed by atoms with Crippen LogP contribution in [0.4, 0.5) is 0 Å². The van der Waals surface area contributed by atoms with E-state index in [1.165, 1.54) is 5.56 Å². The van der Waals surface area contributed by atoms with Crippen molar-refractivity contribution in [2.24, 2.45) is 5.41 Å². The van der Waals surface area contributed by atoms with Crippen molar-refractivity contribution in [3.05, 3.63) is 45.7 Å². The fraction of sp³-hybridized carbons (Fsp3) is 0.571. The van der Waals surface area contributed by atoms with Crippen LogP contribution < -0.4 is 5.56 Å². The maximum absolute atomic E-state index is 12.5. The first-order valence-corrected chi connectivity index (χ1v) is 9.67. The predicted molar refractivity (Wildman–Crippen MR) is 104 cm³/mol. The number of hydrogen-bond acceptors (Lipinski definition) is 4. The standard InChI is InChI=1S/C21H29N3O2/c1-15-4-5-18-16(10-15)11-17(20(26)22-18)12-24-9-7-21(14-25)6-3-8-23(2)19(21)13-24/h4-5,10-11,19,25H,3,6-9,12-14H2,1-2H3,(H,22,26)/t19-,21-/m1/s1. The molecule has 2 saturated heterocycles. The number of hydrogen-bond donors (Lipinski definition) is 2. The van der Waals surface area contributed by atoms with Gasteiger partial charge in [-0.15, -0.1) is 0 Å². The predicted octanol–water partition coefficient (Wildman–Crippen LogP) is 2.12. The summed E-state index contributed by atoms with van der Waals surface area (Å²) in [5, 5.41) is 11.2. The van der Waals surface area contributed by atoms with Crippen LogP contribution in [0.3, 0.4) is 0 Å². The molecule has 0 aliphatic carbocycles. The minimum Gasteiger partial charge on any atom is -0.396 e. The Labute approximate surface area is 154 Å². The van der Waals surface area contributed by atoms with E-state index in [1.807, 2.05) is 18.2 Å². The number of aromatic amines is 1. The molecule has 2 atom stereocenters. The molecule has 0 saturated carbocycles. The number of rotatable bonds is 3. The number of benzene rings is 1. The van der Waals surface area contributed by atoms with Gasteiger partial charge in [0.2, 0.25) is 0 Å². The monoisotopic (exact) mass is 355 g/mol. The van der Waals surface area contributed by atoms with E-state index in [0.29, 0.717) is 12.6 Å². The molecular weight excluding hydrogens is 326 g/mol. The van der Waals surface area contributed by atoms with E-state index >= 15 is 0 Å². The van der Waals surface area contributed by atoms with Crippen molar-refractivity contribution < 1.29 is 5.11 Å². The highest BCUT2D eigenvalue weighted by atomic mass is 16.3. The number of pyridine rings is 1. The molecule has 0 radical (unpaired) electrons. The number of piperidine rings is 2. The lowest BCUT2D eigenvalue weighted by molar-refractivity contribution is -0.0685. The maximum Gasteiger partial charge on any atom is 0.252 e. The highest BCUT2D eigenvalue weighted by Gasteiger charge is 2.46. The van der Waals surface area contributed by atoms with Gasteiger partial charge in [-0.1, -0.05) is 11.6 Å². The summed E-state index contributed by atoms with van der Waals surface area (Å²) in [6.45, 7) is 5.97. The van der Waals surface area contributed by atoms with Crippen molar-refractivity contribution >= 4 is 10.9 Å². The summed E-state index contributed by atoms with van der Waals surface area (Å²) >= 11 is 0. The van der Waals surface area contributed by atoms with Crippen LogP contribution in [0.1, 0.15) is 30.4 Å². The summed E-state index contributed by atoms with van der Waals surface area (Å²) in [5.41, 5.74) is 2.98. The number of nitrogens with one attached hydrogen (secondary N) is 1. The molecule has 0 unspecified atom stereocenters. The van der Waals surface area contributed by atoms with Gasteiger partial charge in [0.1, 0.15) is 0 Å². The van der Waals surface area contributed by atoms with Crippen LogP contribution in [-0.2, 0) is 6.54 Å². The first-order chi connectivity index (χ1) is 12.5. The smallest absolute Gasteiger partial charge is 0.252 e. The van der Waals surface area contributed by atoms with Gasteiger partial charge in [-0.05, 0) is 69.9 Å². The highest BCUT2D eigenvalue weighted by molar-refractivity contribution is 5.79. The van der Waals surface area contributed by atoms with Gasteiger partial charge in [0.05, 0.1) is 6.61 Å². The molecule has 5 heteroatoms. The molecule has 2 aliphatic rings. The lowest BCUT2D eigenvalue weighted by Crippen LogP contribution is -2.61. The number of fused-ring (bicyclic) bond motifs is 2. The Morgan fingerprint density at radius 3 is 2.92 bits per heavy atom. The van der Waals surface area contributed by atoms with E-state index in [2.05, 4.69) is 34.8 Å². The van der Waals surface area contributed by atoms with Gasteiger partial charge >= 0.3 is 0 Å². The first-order valence-electron chi connectivity index (χ1n) is 9.67. The Morgan fingerprint density at radius 2 is 2.12 bits per heavy atom. The van der Waals surface area contributed by atoms with Crippen molar-refractivity contribution in [1.82, 2.24) is 14.8 Å². The van der Waals surface area contributed by atoms with Gasteiger partial charge in [0, 0.05) is 35.6 Å². The molecule has 1 aromatic carbocycles. The minimum absolute atomic E-state index is 0.0114. The van der Waals surface area contributed by atoms with E-state index in [9.17, 15) is 9.90 Å². The van der Waals surface area contributed by atoms with E-state index in [0.717, 1.165) is 55.4 Å². The lowest BCUT2D eigenvalue weighted by atomic mass is 9.69. The number of likely N-dealkylation sites (N-methyl/N-ethyl adjacent to an activating group) is 1. The molecule has 2 aromatic rings. The fourth-order valence-electron chi connectivity index (χ4n) is 4.95. The zero-order chi connectivity index (χ0) is 18.3. The zero-order valence-corrected chi connectivity index (χ0v) is 15.8. The summed E-state index contributed by atoms with van der Waals surface area (Å²) in [5.74, 6) is 0. The summed E-state index contributed by atoms with van der Waals surface area (Å²) in [7, 11) is 2.17. The molecule has 5 nitrogen and oxygen atoms in total. The van der Waals surface area contributed by atoms with E-state index in [4.69, 9.17) is 0 Å². The number of aliphatic hydroxyl groups is 1. The summed E-state index contributed by atoms with van der Waals surface area (Å²) < 4.78 is 0. The number of aliphatic hydroxyl groups excluding tert-OH is 1. The topological polar surface area (TPSA) is 59.6 Å². The molecule has 140 valence electrons. The Kier molecular flexibility index (Phi) is 4.63.